The van der Waals surface area contributed by atoms with Crippen LogP contribution in [-0.2, 0) is 16.1 Å². The quantitative estimate of drug-likeness (QED) is 0.518. The Morgan fingerprint density at radius 1 is 1.03 bits per heavy atom. The Morgan fingerprint density at radius 3 is 2.19 bits per heavy atom. The van der Waals surface area contributed by atoms with Crippen molar-refractivity contribution in [2.24, 2.45) is 0 Å². The van der Waals surface area contributed by atoms with Gasteiger partial charge < -0.3 is 15.0 Å². The van der Waals surface area contributed by atoms with Gasteiger partial charge in [0, 0.05) is 22.1 Å². The number of nitrogens with one attached hydrogen (secondary N) is 1. The van der Waals surface area contributed by atoms with Gasteiger partial charge in [0.05, 0.1) is 5.02 Å². The summed E-state index contributed by atoms with van der Waals surface area (Å²) in [6, 6.07) is 11.3. The molecule has 0 spiro atoms. The van der Waals surface area contributed by atoms with Gasteiger partial charge in [-0.1, -0.05) is 53.9 Å². The molecule has 2 aromatic rings. The second-order valence-electron chi connectivity index (χ2n) is 8.17. The molecule has 0 fully saturated rings. The zero-order chi connectivity index (χ0) is 23.2. The molecular formula is C23H27Cl3N2O3. The number of amides is 2. The highest BCUT2D eigenvalue weighted by molar-refractivity contribution is 6.35. The molecule has 168 valence electrons. The molecule has 2 rings (SSSR count). The van der Waals surface area contributed by atoms with E-state index in [9.17, 15) is 9.59 Å². The second-order valence-corrected chi connectivity index (χ2v) is 9.45. The normalized spacial score (nSPS) is 12.2. The van der Waals surface area contributed by atoms with Crippen molar-refractivity contribution < 1.29 is 14.3 Å². The number of carbonyl (C=O) groups is 2. The van der Waals surface area contributed by atoms with Crippen LogP contribution < -0.4 is 10.1 Å². The summed E-state index contributed by atoms with van der Waals surface area (Å²) in [5.41, 5.74) is 0.427. The number of hydrogen-bond acceptors (Lipinski definition) is 3. The molecule has 0 bridgehead atoms. The Labute approximate surface area is 198 Å². The third-order valence-corrected chi connectivity index (χ3v) is 5.18. The SMILES string of the molecule is CC[C@H](C(=O)NC(C)(C)C)N(Cc1ccc(Cl)cc1)C(=O)COc1ccc(Cl)cc1Cl. The first-order valence-electron chi connectivity index (χ1n) is 9.94. The molecule has 1 N–H and O–H groups in total. The van der Waals surface area contributed by atoms with Crippen LogP contribution in [0.4, 0.5) is 0 Å². The van der Waals surface area contributed by atoms with Crippen molar-refractivity contribution in [3.63, 3.8) is 0 Å². The minimum atomic E-state index is -0.660. The average Bonchev–Trinajstić information content (AvgIpc) is 2.67. The maximum atomic E-state index is 13.2. The molecule has 0 aromatic heterocycles. The molecule has 0 aliphatic carbocycles. The molecular weight excluding hydrogens is 459 g/mol. The molecule has 5 nitrogen and oxygen atoms in total. The van der Waals surface area contributed by atoms with Gasteiger partial charge in [0.25, 0.3) is 5.91 Å². The van der Waals surface area contributed by atoms with Crippen LogP contribution in [0.5, 0.6) is 5.75 Å². The van der Waals surface area contributed by atoms with Gasteiger partial charge in [-0.25, -0.2) is 0 Å². The molecule has 31 heavy (non-hydrogen) atoms. The fourth-order valence-corrected chi connectivity index (χ4v) is 3.56. The molecule has 0 aliphatic rings. The van der Waals surface area contributed by atoms with Gasteiger partial charge in [-0.3, -0.25) is 9.59 Å². The van der Waals surface area contributed by atoms with Crippen LogP contribution in [0.3, 0.4) is 0 Å². The maximum Gasteiger partial charge on any atom is 0.261 e. The first kappa shape index (κ1) is 25.3. The number of carbonyl (C=O) groups excluding carboxylic acids is 2. The minimum Gasteiger partial charge on any atom is -0.482 e. The van der Waals surface area contributed by atoms with Crippen LogP contribution in [-0.4, -0.2) is 34.9 Å². The van der Waals surface area contributed by atoms with Gasteiger partial charge in [0.2, 0.25) is 5.91 Å². The van der Waals surface area contributed by atoms with E-state index in [2.05, 4.69) is 5.32 Å². The topological polar surface area (TPSA) is 58.6 Å². The third-order valence-electron chi connectivity index (χ3n) is 4.40. The summed E-state index contributed by atoms with van der Waals surface area (Å²) in [6.07, 6.45) is 0.447. The van der Waals surface area contributed by atoms with E-state index < -0.39 is 11.6 Å². The van der Waals surface area contributed by atoms with Crippen LogP contribution in [0, 0.1) is 0 Å². The minimum absolute atomic E-state index is 0.221. The first-order chi connectivity index (χ1) is 14.5. The number of rotatable bonds is 8. The van der Waals surface area contributed by atoms with Gasteiger partial charge in [-0.15, -0.1) is 0 Å². The van der Waals surface area contributed by atoms with E-state index in [0.717, 1.165) is 5.56 Å². The summed E-state index contributed by atoms with van der Waals surface area (Å²) in [6.45, 7) is 7.53. The van der Waals surface area contributed by atoms with Crippen molar-refractivity contribution in [3.8, 4) is 5.75 Å². The monoisotopic (exact) mass is 484 g/mol. The van der Waals surface area contributed by atoms with E-state index in [1.807, 2.05) is 39.8 Å². The fraction of sp³-hybridized carbons (Fsp3) is 0.391. The summed E-state index contributed by atoms with van der Waals surface area (Å²) in [5.74, 6) is -0.211. The van der Waals surface area contributed by atoms with E-state index in [1.54, 1.807) is 30.3 Å². The highest BCUT2D eigenvalue weighted by atomic mass is 35.5. The van der Waals surface area contributed by atoms with Crippen molar-refractivity contribution in [2.75, 3.05) is 6.61 Å². The number of nitrogens with zero attached hydrogens (tertiary/aromatic N) is 1. The lowest BCUT2D eigenvalue weighted by Crippen LogP contribution is -2.54. The summed E-state index contributed by atoms with van der Waals surface area (Å²) in [5, 5.41) is 4.33. The molecule has 2 aromatic carbocycles. The average molecular weight is 486 g/mol. The molecule has 0 unspecified atom stereocenters. The highest BCUT2D eigenvalue weighted by Gasteiger charge is 2.31. The first-order valence-corrected chi connectivity index (χ1v) is 11.1. The number of hydrogen-bond donors (Lipinski definition) is 1. The Morgan fingerprint density at radius 2 is 1.65 bits per heavy atom. The molecule has 2 amide bonds. The lowest BCUT2D eigenvalue weighted by atomic mass is 10.1. The van der Waals surface area contributed by atoms with E-state index >= 15 is 0 Å². The lowest BCUT2D eigenvalue weighted by Gasteiger charge is -2.33. The van der Waals surface area contributed by atoms with Gasteiger partial charge in [0.15, 0.2) is 6.61 Å². The summed E-state index contributed by atoms with van der Waals surface area (Å²) in [7, 11) is 0. The van der Waals surface area contributed by atoms with E-state index in [0.29, 0.717) is 27.2 Å². The van der Waals surface area contributed by atoms with Crippen LogP contribution in [0.1, 0.15) is 39.7 Å². The summed E-state index contributed by atoms with van der Waals surface area (Å²) < 4.78 is 5.63. The Bertz CT molecular complexity index is 911. The predicted octanol–water partition coefficient (Wildman–Crippen LogP) is 5.75. The zero-order valence-electron chi connectivity index (χ0n) is 18.0. The van der Waals surface area contributed by atoms with E-state index in [4.69, 9.17) is 39.5 Å². The number of benzene rings is 2. The zero-order valence-corrected chi connectivity index (χ0v) is 20.3. The molecule has 0 aliphatic heterocycles. The number of halogens is 3. The predicted molar refractivity (Wildman–Crippen MR) is 126 cm³/mol. The van der Waals surface area contributed by atoms with Gasteiger partial charge in [-0.2, -0.15) is 0 Å². The standard InChI is InChI=1S/C23H27Cl3N2O3/c1-5-19(22(30)27-23(2,3)4)28(13-15-6-8-16(24)9-7-15)21(29)14-31-20-11-10-17(25)12-18(20)26/h6-12,19H,5,13-14H2,1-4H3,(H,27,30)/t19-/m1/s1. The van der Waals surface area contributed by atoms with Crippen molar-refractivity contribution in [2.45, 2.75) is 52.2 Å². The van der Waals surface area contributed by atoms with E-state index in [-0.39, 0.29) is 25.0 Å². The molecule has 0 saturated heterocycles. The van der Waals surface area contributed by atoms with Gasteiger partial charge in [-0.05, 0) is 63.1 Å². The third kappa shape index (κ3) is 7.91. The maximum absolute atomic E-state index is 13.2. The van der Waals surface area contributed by atoms with Crippen molar-refractivity contribution in [3.05, 3.63) is 63.1 Å². The van der Waals surface area contributed by atoms with Gasteiger partial charge in [0.1, 0.15) is 11.8 Å². The molecule has 0 heterocycles. The molecule has 1 atom stereocenters. The second kappa shape index (κ2) is 11.1. The van der Waals surface area contributed by atoms with Crippen molar-refractivity contribution in [1.29, 1.82) is 0 Å². The summed E-state index contributed by atoms with van der Waals surface area (Å²) >= 11 is 18.0. The Kier molecular flexibility index (Phi) is 9.04. The van der Waals surface area contributed by atoms with E-state index in [1.165, 1.54) is 4.90 Å². The summed E-state index contributed by atoms with van der Waals surface area (Å²) in [4.78, 5) is 27.6. The Hall–Kier alpha value is -1.95. The van der Waals surface area contributed by atoms with Crippen LogP contribution in [0.25, 0.3) is 0 Å². The van der Waals surface area contributed by atoms with Gasteiger partial charge >= 0.3 is 0 Å². The fourth-order valence-electron chi connectivity index (χ4n) is 2.97. The van der Waals surface area contributed by atoms with Crippen LogP contribution in [0.2, 0.25) is 15.1 Å². The Balaban J connectivity index is 2.24. The molecule has 0 radical (unpaired) electrons. The lowest BCUT2D eigenvalue weighted by molar-refractivity contribution is -0.143. The van der Waals surface area contributed by atoms with Crippen LogP contribution >= 0.6 is 34.8 Å². The molecule has 8 heteroatoms. The number of ether oxygens (including phenoxy) is 1. The van der Waals surface area contributed by atoms with Crippen LogP contribution in [0.15, 0.2) is 42.5 Å². The smallest absolute Gasteiger partial charge is 0.261 e. The highest BCUT2D eigenvalue weighted by Crippen LogP contribution is 2.27. The largest absolute Gasteiger partial charge is 0.482 e. The van der Waals surface area contributed by atoms with Crippen molar-refractivity contribution in [1.82, 2.24) is 10.2 Å². The van der Waals surface area contributed by atoms with Crippen molar-refractivity contribution >= 4 is 46.6 Å². The molecule has 0 saturated carbocycles.